The lowest BCUT2D eigenvalue weighted by atomic mass is 10.0. The van der Waals surface area contributed by atoms with Crippen molar-refractivity contribution in [2.45, 2.75) is 32.2 Å². The second kappa shape index (κ2) is 4.57. The van der Waals surface area contributed by atoms with Gasteiger partial charge in [-0.15, -0.1) is 0 Å². The maximum absolute atomic E-state index is 5.88. The lowest BCUT2D eigenvalue weighted by Crippen LogP contribution is -2.31. The zero-order valence-corrected chi connectivity index (χ0v) is 11.2. The molecule has 2 N–H and O–H groups in total. The molecule has 0 aliphatic carbocycles. The summed E-state index contributed by atoms with van der Waals surface area (Å²) >= 11 is 0. The topological polar surface area (TPSA) is 59.5 Å². The molecule has 0 amide bonds. The van der Waals surface area contributed by atoms with Crippen molar-refractivity contribution in [3.63, 3.8) is 0 Å². The number of hydrogen-bond acceptors (Lipinski definition) is 4. The minimum Gasteiger partial charge on any atom is -0.394 e. The Balaban J connectivity index is 1.98. The van der Waals surface area contributed by atoms with E-state index in [9.17, 15) is 0 Å². The van der Waals surface area contributed by atoms with E-state index >= 15 is 0 Å². The summed E-state index contributed by atoms with van der Waals surface area (Å²) in [6, 6.07) is 2.41. The van der Waals surface area contributed by atoms with Gasteiger partial charge in [0.1, 0.15) is 5.82 Å². The average Bonchev–Trinajstić information content (AvgIpc) is 3.05. The number of hydrogen-bond donors (Lipinski definition) is 1. The first-order valence-corrected chi connectivity index (χ1v) is 6.75. The molecule has 1 fully saturated rings. The largest absolute Gasteiger partial charge is 0.394 e. The van der Waals surface area contributed by atoms with Crippen molar-refractivity contribution in [2.75, 3.05) is 17.2 Å². The number of rotatable bonds is 3. The highest BCUT2D eigenvalue weighted by atomic mass is 15.3. The van der Waals surface area contributed by atoms with Crippen LogP contribution in [0.4, 0.5) is 11.5 Å². The van der Waals surface area contributed by atoms with Crippen molar-refractivity contribution in [3.05, 3.63) is 30.6 Å². The van der Waals surface area contributed by atoms with E-state index in [0.717, 1.165) is 30.9 Å². The van der Waals surface area contributed by atoms with Crippen molar-refractivity contribution in [1.29, 1.82) is 0 Å². The molecule has 2 aromatic heterocycles. The Morgan fingerprint density at radius 1 is 1.58 bits per heavy atom. The van der Waals surface area contributed by atoms with E-state index in [-0.39, 0.29) is 0 Å². The van der Waals surface area contributed by atoms with Gasteiger partial charge in [0.2, 0.25) is 0 Å². The van der Waals surface area contributed by atoms with Gasteiger partial charge < -0.3 is 10.6 Å². The van der Waals surface area contributed by atoms with Crippen LogP contribution in [0.1, 0.15) is 26.2 Å². The number of nitrogens with two attached hydrogens (primary N) is 1. The molecular formula is C14H19N5. The van der Waals surface area contributed by atoms with Crippen LogP contribution < -0.4 is 10.6 Å². The highest BCUT2D eigenvalue weighted by molar-refractivity contribution is 5.65. The van der Waals surface area contributed by atoms with Crippen LogP contribution in [0.25, 0.3) is 5.65 Å². The average molecular weight is 257 g/mol. The van der Waals surface area contributed by atoms with Gasteiger partial charge in [0.15, 0.2) is 5.65 Å². The number of nitrogens with zero attached hydrogens (tertiary/aromatic N) is 4. The van der Waals surface area contributed by atoms with Gasteiger partial charge in [0, 0.05) is 12.7 Å². The van der Waals surface area contributed by atoms with E-state index in [1.165, 1.54) is 12.0 Å². The van der Waals surface area contributed by atoms with E-state index in [4.69, 9.17) is 5.73 Å². The maximum atomic E-state index is 5.88. The Bertz CT molecular complexity index is 615. The summed E-state index contributed by atoms with van der Waals surface area (Å²) in [7, 11) is 0. The Morgan fingerprint density at radius 3 is 3.21 bits per heavy atom. The number of fused-ring (bicyclic) bond motifs is 1. The molecular weight excluding hydrogens is 238 g/mol. The zero-order chi connectivity index (χ0) is 13.4. The second-order valence-corrected chi connectivity index (χ2v) is 5.02. The second-order valence-electron chi connectivity index (χ2n) is 5.02. The first kappa shape index (κ1) is 12.0. The summed E-state index contributed by atoms with van der Waals surface area (Å²) < 4.78 is 1.71. The quantitative estimate of drug-likeness (QED) is 0.857. The minimum absolute atomic E-state index is 0.407. The van der Waals surface area contributed by atoms with Gasteiger partial charge in [-0.2, -0.15) is 5.10 Å². The van der Waals surface area contributed by atoms with Gasteiger partial charge in [0.25, 0.3) is 0 Å². The molecule has 5 heteroatoms. The van der Waals surface area contributed by atoms with Crippen molar-refractivity contribution in [2.24, 2.45) is 0 Å². The number of anilines is 2. The molecule has 19 heavy (non-hydrogen) atoms. The summed E-state index contributed by atoms with van der Waals surface area (Å²) in [5.74, 6) is 0.969. The molecule has 3 heterocycles. The molecule has 0 bridgehead atoms. The van der Waals surface area contributed by atoms with E-state index in [1.54, 1.807) is 10.7 Å². The Hall–Kier alpha value is -2.04. The third kappa shape index (κ3) is 1.95. The molecule has 1 aliphatic rings. The Morgan fingerprint density at radius 2 is 2.42 bits per heavy atom. The molecule has 1 aliphatic heterocycles. The third-order valence-corrected chi connectivity index (χ3v) is 3.85. The standard InChI is InChI=1S/C14H19N5/c1-3-10(2)12-5-4-7-18(12)13-6-8-19-14(17-13)11(15)9-16-19/h6,8-9,12H,2-5,7,15H2,1H3/t12-/m1/s1. The molecule has 3 rings (SSSR count). The summed E-state index contributed by atoms with van der Waals surface area (Å²) in [5, 5.41) is 4.15. The van der Waals surface area contributed by atoms with Crippen LogP contribution in [0.3, 0.4) is 0 Å². The monoisotopic (exact) mass is 257 g/mol. The summed E-state index contributed by atoms with van der Waals surface area (Å²) in [6.07, 6.45) is 6.91. The van der Waals surface area contributed by atoms with Gasteiger partial charge in [0.05, 0.1) is 17.9 Å². The van der Waals surface area contributed by atoms with Crippen LogP contribution in [0, 0.1) is 0 Å². The zero-order valence-electron chi connectivity index (χ0n) is 11.2. The molecule has 1 atom stereocenters. The fourth-order valence-corrected chi connectivity index (χ4v) is 2.74. The maximum Gasteiger partial charge on any atom is 0.180 e. The number of nitrogen functional groups attached to an aromatic ring is 1. The highest BCUT2D eigenvalue weighted by Gasteiger charge is 2.27. The molecule has 2 aromatic rings. The van der Waals surface area contributed by atoms with Crippen molar-refractivity contribution < 1.29 is 0 Å². The van der Waals surface area contributed by atoms with Crippen LogP contribution >= 0.6 is 0 Å². The van der Waals surface area contributed by atoms with Crippen molar-refractivity contribution >= 4 is 17.2 Å². The van der Waals surface area contributed by atoms with Gasteiger partial charge in [-0.05, 0) is 25.3 Å². The third-order valence-electron chi connectivity index (χ3n) is 3.85. The summed E-state index contributed by atoms with van der Waals surface area (Å²) in [6.45, 7) is 7.37. The Kier molecular flexibility index (Phi) is 2.89. The van der Waals surface area contributed by atoms with Crippen LogP contribution in [0.2, 0.25) is 0 Å². The van der Waals surface area contributed by atoms with E-state index in [1.807, 2.05) is 12.3 Å². The molecule has 0 saturated carbocycles. The molecule has 0 spiro atoms. The van der Waals surface area contributed by atoms with E-state index < -0.39 is 0 Å². The van der Waals surface area contributed by atoms with Gasteiger partial charge in [-0.1, -0.05) is 19.1 Å². The van der Waals surface area contributed by atoms with Crippen molar-refractivity contribution in [1.82, 2.24) is 14.6 Å². The first-order valence-electron chi connectivity index (χ1n) is 6.75. The molecule has 0 radical (unpaired) electrons. The predicted molar refractivity (Wildman–Crippen MR) is 77.2 cm³/mol. The van der Waals surface area contributed by atoms with E-state index in [0.29, 0.717) is 11.7 Å². The fourth-order valence-electron chi connectivity index (χ4n) is 2.74. The van der Waals surface area contributed by atoms with Crippen LogP contribution in [0.15, 0.2) is 30.6 Å². The normalized spacial score (nSPS) is 19.2. The fraction of sp³-hybridized carbons (Fsp3) is 0.429. The highest BCUT2D eigenvalue weighted by Crippen LogP contribution is 2.29. The van der Waals surface area contributed by atoms with E-state index in [2.05, 4.69) is 28.5 Å². The van der Waals surface area contributed by atoms with Crippen molar-refractivity contribution in [3.8, 4) is 0 Å². The van der Waals surface area contributed by atoms with Crippen LogP contribution in [0.5, 0.6) is 0 Å². The van der Waals surface area contributed by atoms with Gasteiger partial charge in [-0.3, -0.25) is 0 Å². The van der Waals surface area contributed by atoms with Gasteiger partial charge in [-0.25, -0.2) is 9.50 Å². The predicted octanol–water partition coefficient (Wildman–Crippen LogP) is 2.25. The smallest absolute Gasteiger partial charge is 0.180 e. The molecule has 5 nitrogen and oxygen atoms in total. The summed E-state index contributed by atoms with van der Waals surface area (Å²) in [5.41, 5.74) is 8.51. The summed E-state index contributed by atoms with van der Waals surface area (Å²) in [4.78, 5) is 6.98. The lowest BCUT2D eigenvalue weighted by molar-refractivity contribution is 0.727. The molecule has 100 valence electrons. The first-order chi connectivity index (χ1) is 9.20. The van der Waals surface area contributed by atoms with Gasteiger partial charge >= 0.3 is 0 Å². The van der Waals surface area contributed by atoms with Crippen LogP contribution in [-0.4, -0.2) is 27.2 Å². The van der Waals surface area contributed by atoms with Crippen LogP contribution in [-0.2, 0) is 0 Å². The number of aromatic nitrogens is 3. The molecule has 1 saturated heterocycles. The molecule has 0 unspecified atom stereocenters. The minimum atomic E-state index is 0.407. The lowest BCUT2D eigenvalue weighted by Gasteiger charge is -2.27. The Labute approximate surface area is 112 Å². The molecule has 0 aromatic carbocycles. The SMILES string of the molecule is C=C(CC)[C@H]1CCCN1c1ccn2ncc(N)c2n1.